The minimum absolute atomic E-state index is 0.0756. The van der Waals surface area contributed by atoms with Gasteiger partial charge in [0.15, 0.2) is 11.5 Å². The molecule has 0 bridgehead atoms. The predicted molar refractivity (Wildman–Crippen MR) is 110 cm³/mol. The van der Waals surface area contributed by atoms with Crippen LogP contribution in [0.25, 0.3) is 0 Å². The number of hydrogen-bond donors (Lipinski definition) is 1. The Labute approximate surface area is 168 Å². The number of nitrogens with zero attached hydrogens (tertiary/aromatic N) is 1. The number of anilines is 1. The highest BCUT2D eigenvalue weighted by molar-refractivity contribution is 7.92. The van der Waals surface area contributed by atoms with Gasteiger partial charge in [-0.1, -0.05) is 20.8 Å². The molecule has 0 saturated carbocycles. The molecule has 0 saturated heterocycles. The van der Waals surface area contributed by atoms with Crippen molar-refractivity contribution < 1.29 is 22.7 Å². The third-order valence-electron chi connectivity index (χ3n) is 4.26. The number of hydrogen-bond acceptors (Lipinski definition) is 5. The molecular weight excluding hydrogens is 380 g/mol. The Hall–Kier alpha value is -1.96. The summed E-state index contributed by atoms with van der Waals surface area (Å²) in [5.74, 6) is 1.04. The summed E-state index contributed by atoms with van der Waals surface area (Å²) in [6.45, 7) is 10.8. The van der Waals surface area contributed by atoms with E-state index in [4.69, 9.17) is 9.47 Å². The van der Waals surface area contributed by atoms with Crippen LogP contribution in [-0.2, 0) is 14.8 Å². The summed E-state index contributed by atoms with van der Waals surface area (Å²) in [7, 11) is -3.49. The summed E-state index contributed by atoms with van der Waals surface area (Å²) in [6.07, 6.45) is 2.67. The van der Waals surface area contributed by atoms with Crippen molar-refractivity contribution in [2.45, 2.75) is 59.4 Å². The molecule has 2 rings (SSSR count). The van der Waals surface area contributed by atoms with E-state index >= 15 is 0 Å². The Morgan fingerprint density at radius 1 is 1.14 bits per heavy atom. The number of fused-ring (bicyclic) bond motifs is 1. The average Bonchev–Trinajstić information content (AvgIpc) is 2.94. The monoisotopic (exact) mass is 412 g/mol. The zero-order chi connectivity index (χ0) is 21.2. The van der Waals surface area contributed by atoms with Crippen molar-refractivity contribution in [3.05, 3.63) is 18.2 Å². The topological polar surface area (TPSA) is 84.9 Å². The quantitative estimate of drug-likeness (QED) is 0.708. The lowest BCUT2D eigenvalue weighted by atomic mass is 9.82. The first kappa shape index (κ1) is 22.3. The standard InChI is InChI=1S/C20H32N2O5S/c1-19(2,3)13-20(4,5)21-18(23)8-7-11-22(28(6,24)25)15-9-10-16-17(12-15)27-14-26-16/h9-10,12H,7-8,11,13-14H2,1-6H3,(H,21,23). The van der Waals surface area contributed by atoms with Crippen molar-refractivity contribution in [2.75, 3.05) is 23.9 Å². The first-order chi connectivity index (χ1) is 12.8. The van der Waals surface area contributed by atoms with Crippen LogP contribution in [0.3, 0.4) is 0 Å². The molecule has 1 heterocycles. The van der Waals surface area contributed by atoms with Crippen molar-refractivity contribution >= 4 is 21.6 Å². The van der Waals surface area contributed by atoms with E-state index in [2.05, 4.69) is 26.1 Å². The second-order valence-electron chi connectivity index (χ2n) is 9.15. The van der Waals surface area contributed by atoms with Gasteiger partial charge in [-0.3, -0.25) is 9.10 Å². The van der Waals surface area contributed by atoms with Crippen LogP contribution in [0.4, 0.5) is 5.69 Å². The van der Waals surface area contributed by atoms with Crippen molar-refractivity contribution in [3.63, 3.8) is 0 Å². The normalized spacial score (nSPS) is 14.1. The SMILES string of the molecule is CC(C)(C)CC(C)(C)NC(=O)CCCN(c1ccc2c(c1)OCO2)S(C)(=O)=O. The van der Waals surface area contributed by atoms with E-state index in [0.717, 1.165) is 12.7 Å². The van der Waals surface area contributed by atoms with Gasteiger partial charge in [-0.2, -0.15) is 0 Å². The van der Waals surface area contributed by atoms with Gasteiger partial charge in [0, 0.05) is 24.6 Å². The van der Waals surface area contributed by atoms with Crippen LogP contribution in [0.15, 0.2) is 18.2 Å². The van der Waals surface area contributed by atoms with Crippen LogP contribution in [0.2, 0.25) is 0 Å². The number of carbonyl (C=O) groups excluding carboxylic acids is 1. The van der Waals surface area contributed by atoms with Crippen LogP contribution in [0.1, 0.15) is 53.9 Å². The van der Waals surface area contributed by atoms with Gasteiger partial charge >= 0.3 is 0 Å². The third-order valence-corrected chi connectivity index (χ3v) is 5.45. The van der Waals surface area contributed by atoms with Gasteiger partial charge in [0.25, 0.3) is 0 Å². The fraction of sp³-hybridized carbons (Fsp3) is 0.650. The Morgan fingerprint density at radius 3 is 2.39 bits per heavy atom. The molecule has 0 unspecified atom stereocenters. The molecule has 1 aromatic carbocycles. The number of ether oxygens (including phenoxy) is 2. The van der Waals surface area contributed by atoms with Crippen LogP contribution in [-0.4, -0.2) is 39.5 Å². The third kappa shape index (κ3) is 6.58. The van der Waals surface area contributed by atoms with E-state index in [0.29, 0.717) is 23.6 Å². The van der Waals surface area contributed by atoms with Gasteiger partial charge < -0.3 is 14.8 Å². The molecule has 1 aliphatic rings. The molecule has 1 aromatic rings. The lowest BCUT2D eigenvalue weighted by Gasteiger charge is -2.33. The zero-order valence-electron chi connectivity index (χ0n) is 17.7. The first-order valence-electron chi connectivity index (χ1n) is 9.45. The molecule has 1 amide bonds. The van der Waals surface area contributed by atoms with Crippen molar-refractivity contribution in [1.82, 2.24) is 5.32 Å². The van der Waals surface area contributed by atoms with Gasteiger partial charge in [-0.25, -0.2) is 8.42 Å². The van der Waals surface area contributed by atoms with Crippen molar-refractivity contribution in [3.8, 4) is 11.5 Å². The van der Waals surface area contributed by atoms with E-state index in [1.807, 2.05) is 13.8 Å². The number of benzene rings is 1. The number of carbonyl (C=O) groups is 1. The molecule has 28 heavy (non-hydrogen) atoms. The first-order valence-corrected chi connectivity index (χ1v) is 11.3. The molecule has 0 aromatic heterocycles. The molecule has 158 valence electrons. The average molecular weight is 413 g/mol. The van der Waals surface area contributed by atoms with E-state index in [-0.39, 0.29) is 36.6 Å². The summed E-state index contributed by atoms with van der Waals surface area (Å²) in [6, 6.07) is 5.02. The maximum atomic E-state index is 12.3. The molecule has 0 atom stereocenters. The largest absolute Gasteiger partial charge is 0.454 e. The van der Waals surface area contributed by atoms with Crippen molar-refractivity contribution in [1.29, 1.82) is 0 Å². The Kier molecular flexibility index (Phi) is 6.53. The molecule has 1 N–H and O–H groups in total. The molecular formula is C20H32N2O5S. The van der Waals surface area contributed by atoms with Crippen LogP contribution >= 0.6 is 0 Å². The highest BCUT2D eigenvalue weighted by atomic mass is 32.2. The molecule has 0 spiro atoms. The Bertz CT molecular complexity index is 812. The second kappa shape index (κ2) is 8.19. The second-order valence-corrected chi connectivity index (χ2v) is 11.1. The Morgan fingerprint density at radius 2 is 1.79 bits per heavy atom. The van der Waals surface area contributed by atoms with E-state index in [9.17, 15) is 13.2 Å². The molecule has 7 nitrogen and oxygen atoms in total. The van der Waals surface area contributed by atoms with Crippen LogP contribution in [0, 0.1) is 5.41 Å². The number of sulfonamides is 1. The fourth-order valence-corrected chi connectivity index (χ4v) is 4.68. The number of nitrogens with one attached hydrogen (secondary N) is 1. The van der Waals surface area contributed by atoms with Gasteiger partial charge in [0.1, 0.15) is 0 Å². The highest BCUT2D eigenvalue weighted by Gasteiger charge is 2.27. The number of rotatable bonds is 8. The molecule has 0 fully saturated rings. The van der Waals surface area contributed by atoms with Gasteiger partial charge in [0.05, 0.1) is 11.9 Å². The van der Waals surface area contributed by atoms with Gasteiger partial charge in [-0.15, -0.1) is 0 Å². The summed E-state index contributed by atoms with van der Waals surface area (Å²) in [4.78, 5) is 12.3. The fourth-order valence-electron chi connectivity index (χ4n) is 3.72. The molecule has 0 radical (unpaired) electrons. The molecule has 8 heteroatoms. The Balaban J connectivity index is 1.97. The van der Waals surface area contributed by atoms with Crippen LogP contribution in [0.5, 0.6) is 11.5 Å². The summed E-state index contributed by atoms with van der Waals surface area (Å²) >= 11 is 0. The summed E-state index contributed by atoms with van der Waals surface area (Å²) in [5, 5.41) is 3.06. The van der Waals surface area contributed by atoms with E-state index in [1.165, 1.54) is 4.31 Å². The lowest BCUT2D eigenvalue weighted by molar-refractivity contribution is -0.123. The van der Waals surface area contributed by atoms with Crippen LogP contribution < -0.4 is 19.1 Å². The number of amides is 1. The van der Waals surface area contributed by atoms with E-state index in [1.54, 1.807) is 18.2 Å². The summed E-state index contributed by atoms with van der Waals surface area (Å²) < 4.78 is 36.4. The zero-order valence-corrected chi connectivity index (χ0v) is 18.5. The van der Waals surface area contributed by atoms with E-state index < -0.39 is 10.0 Å². The predicted octanol–water partition coefficient (Wildman–Crippen LogP) is 3.29. The lowest BCUT2D eigenvalue weighted by Crippen LogP contribution is -2.46. The molecule has 1 aliphatic heterocycles. The minimum atomic E-state index is -3.49. The maximum absolute atomic E-state index is 12.3. The van der Waals surface area contributed by atoms with Gasteiger partial charge in [0.2, 0.25) is 22.7 Å². The highest BCUT2D eigenvalue weighted by Crippen LogP contribution is 2.36. The summed E-state index contributed by atoms with van der Waals surface area (Å²) in [5.41, 5.74) is 0.284. The van der Waals surface area contributed by atoms with Crippen molar-refractivity contribution in [2.24, 2.45) is 5.41 Å². The van der Waals surface area contributed by atoms with Gasteiger partial charge in [-0.05, 0) is 44.2 Å². The molecule has 0 aliphatic carbocycles. The maximum Gasteiger partial charge on any atom is 0.232 e. The smallest absolute Gasteiger partial charge is 0.232 e. The minimum Gasteiger partial charge on any atom is -0.454 e.